The summed E-state index contributed by atoms with van der Waals surface area (Å²) in [5, 5.41) is -0.644. The molecule has 19 heavy (non-hydrogen) atoms. The first-order valence-electron chi connectivity index (χ1n) is 5.56. The fourth-order valence-corrected chi connectivity index (χ4v) is 3.24. The lowest BCUT2D eigenvalue weighted by Gasteiger charge is -2.03. The third-order valence-electron chi connectivity index (χ3n) is 2.42. The largest absolute Gasteiger partial charge is 0.461 e. The molecule has 1 aromatic rings. The lowest BCUT2D eigenvalue weighted by molar-refractivity contribution is 0.0517. The standard InChI is InChI=1S/C11H15NO5S2/c1-5-17-11(14)8-9(6(2)13)18-10(12-8)7(3)19(4,15)16/h7H,5H2,1-4H3. The van der Waals surface area contributed by atoms with Crippen molar-refractivity contribution >= 4 is 32.9 Å². The number of esters is 1. The first-order valence-corrected chi connectivity index (χ1v) is 8.33. The quantitative estimate of drug-likeness (QED) is 0.606. The average Bonchev–Trinajstić information content (AvgIpc) is 2.71. The minimum atomic E-state index is -3.34. The van der Waals surface area contributed by atoms with Crippen LogP contribution in [0.4, 0.5) is 0 Å². The van der Waals surface area contributed by atoms with E-state index >= 15 is 0 Å². The first kappa shape index (κ1) is 15.8. The molecule has 6 nitrogen and oxygen atoms in total. The zero-order valence-electron chi connectivity index (χ0n) is 11.1. The Kier molecular flexibility index (Phi) is 4.81. The second-order valence-electron chi connectivity index (χ2n) is 3.98. The molecule has 0 aliphatic rings. The van der Waals surface area contributed by atoms with Crippen LogP contribution in [0.15, 0.2) is 0 Å². The van der Waals surface area contributed by atoms with Gasteiger partial charge in [-0.1, -0.05) is 0 Å². The Labute approximate surface area is 115 Å². The van der Waals surface area contributed by atoms with Crippen LogP contribution in [-0.2, 0) is 14.6 Å². The molecule has 0 saturated heterocycles. The van der Waals surface area contributed by atoms with Crippen molar-refractivity contribution in [3.63, 3.8) is 0 Å². The number of ketones is 1. The van der Waals surface area contributed by atoms with Crippen LogP contribution >= 0.6 is 11.3 Å². The number of thiazole rings is 1. The van der Waals surface area contributed by atoms with E-state index in [1.807, 2.05) is 0 Å². The van der Waals surface area contributed by atoms with Gasteiger partial charge < -0.3 is 4.74 Å². The number of hydrogen-bond acceptors (Lipinski definition) is 7. The van der Waals surface area contributed by atoms with Crippen LogP contribution in [0, 0.1) is 0 Å². The van der Waals surface area contributed by atoms with Crippen molar-refractivity contribution in [1.82, 2.24) is 4.98 Å². The van der Waals surface area contributed by atoms with Crippen LogP contribution in [0.2, 0.25) is 0 Å². The third-order valence-corrected chi connectivity index (χ3v) is 5.42. The number of carbonyl (C=O) groups is 2. The SMILES string of the molecule is CCOC(=O)c1nc(C(C)S(C)(=O)=O)sc1C(C)=O. The number of Topliss-reactive ketones (excluding diaryl/α,β-unsaturated/α-hetero) is 1. The van der Waals surface area contributed by atoms with Gasteiger partial charge in [0.1, 0.15) is 15.1 Å². The van der Waals surface area contributed by atoms with Crippen LogP contribution < -0.4 is 0 Å². The highest BCUT2D eigenvalue weighted by molar-refractivity contribution is 7.91. The summed E-state index contributed by atoms with van der Waals surface area (Å²) in [6.07, 6.45) is 1.08. The summed E-state index contributed by atoms with van der Waals surface area (Å²) < 4.78 is 27.8. The van der Waals surface area contributed by atoms with Gasteiger partial charge in [-0.05, 0) is 13.8 Å². The summed E-state index contributed by atoms with van der Waals surface area (Å²) in [6.45, 7) is 4.56. The van der Waals surface area contributed by atoms with E-state index in [1.54, 1.807) is 6.92 Å². The van der Waals surface area contributed by atoms with E-state index in [2.05, 4.69) is 4.98 Å². The highest BCUT2D eigenvalue weighted by atomic mass is 32.2. The summed E-state index contributed by atoms with van der Waals surface area (Å²) in [6, 6.07) is 0. The molecule has 0 amide bonds. The third kappa shape index (κ3) is 3.60. The van der Waals surface area contributed by atoms with Gasteiger partial charge in [0.25, 0.3) is 0 Å². The molecule has 0 aromatic carbocycles. The summed E-state index contributed by atoms with van der Waals surface area (Å²) in [4.78, 5) is 27.2. The molecular formula is C11H15NO5S2. The van der Waals surface area contributed by atoms with Gasteiger partial charge in [0.2, 0.25) is 0 Å². The molecule has 1 atom stereocenters. The maximum absolute atomic E-state index is 11.7. The van der Waals surface area contributed by atoms with Gasteiger partial charge in [-0.3, -0.25) is 4.79 Å². The molecule has 1 heterocycles. The summed E-state index contributed by atoms with van der Waals surface area (Å²) in [5.41, 5.74) is -0.107. The van der Waals surface area contributed by atoms with E-state index in [-0.39, 0.29) is 28.0 Å². The topological polar surface area (TPSA) is 90.4 Å². The number of ether oxygens (including phenoxy) is 1. The van der Waals surface area contributed by atoms with Crippen molar-refractivity contribution < 1.29 is 22.7 Å². The Morgan fingerprint density at radius 2 is 2.00 bits per heavy atom. The molecule has 0 N–H and O–H groups in total. The van der Waals surface area contributed by atoms with Gasteiger partial charge in [0, 0.05) is 13.2 Å². The van der Waals surface area contributed by atoms with Crippen molar-refractivity contribution in [3.8, 4) is 0 Å². The zero-order chi connectivity index (χ0) is 14.8. The highest BCUT2D eigenvalue weighted by Gasteiger charge is 2.27. The van der Waals surface area contributed by atoms with E-state index in [9.17, 15) is 18.0 Å². The molecule has 0 saturated carbocycles. The van der Waals surface area contributed by atoms with Gasteiger partial charge in [-0.2, -0.15) is 0 Å². The molecule has 0 aliphatic heterocycles. The molecule has 1 aromatic heterocycles. The predicted molar refractivity (Wildman–Crippen MR) is 71.3 cm³/mol. The Hall–Kier alpha value is -1.28. The first-order chi connectivity index (χ1) is 8.68. The van der Waals surface area contributed by atoms with Crippen molar-refractivity contribution in [3.05, 3.63) is 15.6 Å². The number of nitrogens with zero attached hydrogens (tertiary/aromatic N) is 1. The van der Waals surface area contributed by atoms with Crippen molar-refractivity contribution in [2.75, 3.05) is 12.9 Å². The van der Waals surface area contributed by atoms with Crippen molar-refractivity contribution in [1.29, 1.82) is 0 Å². The second-order valence-corrected chi connectivity index (χ2v) is 7.38. The smallest absolute Gasteiger partial charge is 0.358 e. The Morgan fingerprint density at radius 1 is 1.42 bits per heavy atom. The number of rotatable bonds is 5. The monoisotopic (exact) mass is 305 g/mol. The molecule has 1 unspecified atom stereocenters. The molecule has 0 aliphatic carbocycles. The number of sulfone groups is 1. The Morgan fingerprint density at radius 3 is 2.42 bits per heavy atom. The summed E-state index contributed by atoms with van der Waals surface area (Å²) >= 11 is 0.916. The molecule has 0 radical (unpaired) electrons. The summed E-state index contributed by atoms with van der Waals surface area (Å²) in [7, 11) is -3.34. The molecule has 106 valence electrons. The molecule has 1 rings (SSSR count). The molecular weight excluding hydrogens is 290 g/mol. The number of carbonyl (C=O) groups excluding carboxylic acids is 2. The lowest BCUT2D eigenvalue weighted by Crippen LogP contribution is -2.11. The fraction of sp³-hybridized carbons (Fsp3) is 0.545. The van der Waals surface area contributed by atoms with Crippen LogP contribution in [0.25, 0.3) is 0 Å². The number of hydrogen-bond donors (Lipinski definition) is 0. The highest BCUT2D eigenvalue weighted by Crippen LogP contribution is 2.29. The molecule has 0 spiro atoms. The van der Waals surface area contributed by atoms with E-state index in [0.717, 1.165) is 17.6 Å². The second kappa shape index (κ2) is 5.79. The van der Waals surface area contributed by atoms with E-state index in [4.69, 9.17) is 4.74 Å². The predicted octanol–water partition coefficient (Wildman–Crippen LogP) is 1.63. The summed E-state index contributed by atoms with van der Waals surface area (Å²) in [5.74, 6) is -1.05. The van der Waals surface area contributed by atoms with E-state index in [1.165, 1.54) is 13.8 Å². The fourth-order valence-electron chi connectivity index (χ4n) is 1.27. The maximum atomic E-state index is 11.7. The van der Waals surface area contributed by atoms with E-state index in [0.29, 0.717) is 0 Å². The van der Waals surface area contributed by atoms with Crippen molar-refractivity contribution in [2.45, 2.75) is 26.0 Å². The van der Waals surface area contributed by atoms with Crippen LogP contribution in [0.3, 0.4) is 0 Å². The van der Waals surface area contributed by atoms with E-state index < -0.39 is 21.1 Å². The zero-order valence-corrected chi connectivity index (χ0v) is 12.7. The molecule has 8 heteroatoms. The Balaban J connectivity index is 3.30. The minimum absolute atomic E-state index is 0.107. The molecule has 0 fully saturated rings. The van der Waals surface area contributed by atoms with Gasteiger partial charge in [-0.15, -0.1) is 11.3 Å². The van der Waals surface area contributed by atoms with Crippen LogP contribution in [0.5, 0.6) is 0 Å². The van der Waals surface area contributed by atoms with Gasteiger partial charge >= 0.3 is 5.97 Å². The van der Waals surface area contributed by atoms with Gasteiger partial charge in [-0.25, -0.2) is 18.2 Å². The Bertz CT molecular complexity index is 603. The minimum Gasteiger partial charge on any atom is -0.461 e. The van der Waals surface area contributed by atoms with Gasteiger partial charge in [0.15, 0.2) is 21.3 Å². The average molecular weight is 305 g/mol. The normalized spacial score (nSPS) is 13.1. The molecule has 0 bridgehead atoms. The lowest BCUT2D eigenvalue weighted by atomic mass is 10.3. The van der Waals surface area contributed by atoms with Crippen LogP contribution in [-0.4, -0.2) is 38.0 Å². The van der Waals surface area contributed by atoms with Crippen molar-refractivity contribution in [2.24, 2.45) is 0 Å². The number of aromatic nitrogens is 1. The van der Waals surface area contributed by atoms with Crippen LogP contribution in [0.1, 0.15) is 51.2 Å². The van der Waals surface area contributed by atoms with Gasteiger partial charge in [0.05, 0.1) is 6.61 Å². The maximum Gasteiger partial charge on any atom is 0.358 e.